The van der Waals surface area contributed by atoms with Crippen molar-refractivity contribution >= 4 is 21.9 Å². The van der Waals surface area contributed by atoms with Crippen LogP contribution in [0.5, 0.6) is 0 Å². The molecule has 0 saturated carbocycles. The molecule has 1 N–H and O–H groups in total. The molecule has 1 aliphatic heterocycles. The summed E-state index contributed by atoms with van der Waals surface area (Å²) in [7, 11) is 2.12. The van der Waals surface area contributed by atoms with Crippen LogP contribution >= 0.6 is 15.9 Å². The standard InChI is InChI=1S/C12H17BrN2O2/c1-8-5-10(3-4-14(8)2)15-7-9(13)6-11(15)12(16)17/h6-8,10H,3-5H2,1-2H3,(H,16,17). The predicted molar refractivity (Wildman–Crippen MR) is 69.5 cm³/mol. The number of piperidine rings is 1. The van der Waals surface area contributed by atoms with Crippen molar-refractivity contribution in [1.82, 2.24) is 9.47 Å². The van der Waals surface area contributed by atoms with Crippen molar-refractivity contribution in [3.8, 4) is 0 Å². The highest BCUT2D eigenvalue weighted by Crippen LogP contribution is 2.29. The molecule has 0 bridgehead atoms. The fraction of sp³-hybridized carbons (Fsp3) is 0.583. The first-order valence-electron chi connectivity index (χ1n) is 5.80. The molecule has 0 amide bonds. The van der Waals surface area contributed by atoms with Gasteiger partial charge < -0.3 is 14.6 Å². The van der Waals surface area contributed by atoms with E-state index in [9.17, 15) is 9.90 Å². The fourth-order valence-electron chi connectivity index (χ4n) is 2.44. The van der Waals surface area contributed by atoms with Gasteiger partial charge in [-0.2, -0.15) is 0 Å². The van der Waals surface area contributed by atoms with Crippen molar-refractivity contribution in [1.29, 1.82) is 0 Å². The average Bonchev–Trinajstić information content (AvgIpc) is 2.64. The van der Waals surface area contributed by atoms with E-state index in [1.165, 1.54) is 0 Å². The van der Waals surface area contributed by atoms with E-state index < -0.39 is 5.97 Å². The molecule has 0 radical (unpaired) electrons. The number of nitrogens with zero attached hydrogens (tertiary/aromatic N) is 2. The number of halogens is 1. The van der Waals surface area contributed by atoms with Gasteiger partial charge in [-0.1, -0.05) is 0 Å². The maximum absolute atomic E-state index is 11.2. The zero-order valence-corrected chi connectivity index (χ0v) is 11.6. The van der Waals surface area contributed by atoms with Crippen LogP contribution in [0.15, 0.2) is 16.7 Å². The Bertz CT molecular complexity index is 430. The van der Waals surface area contributed by atoms with E-state index in [1.54, 1.807) is 6.07 Å². The van der Waals surface area contributed by atoms with Gasteiger partial charge in [0.15, 0.2) is 0 Å². The molecule has 2 rings (SSSR count). The van der Waals surface area contributed by atoms with Crippen molar-refractivity contribution < 1.29 is 9.90 Å². The maximum atomic E-state index is 11.2. The Labute approximate surface area is 109 Å². The molecular weight excluding hydrogens is 284 g/mol. The van der Waals surface area contributed by atoms with Crippen molar-refractivity contribution in [2.45, 2.75) is 31.8 Å². The van der Waals surface area contributed by atoms with E-state index in [1.807, 2.05) is 10.8 Å². The first-order chi connectivity index (χ1) is 7.99. The minimum Gasteiger partial charge on any atom is -0.477 e. The van der Waals surface area contributed by atoms with Crippen LogP contribution in [0.3, 0.4) is 0 Å². The molecule has 2 unspecified atom stereocenters. The van der Waals surface area contributed by atoms with Crippen LogP contribution in [-0.4, -0.2) is 40.2 Å². The summed E-state index contributed by atoms with van der Waals surface area (Å²) in [6, 6.07) is 2.46. The molecule has 1 aromatic rings. The smallest absolute Gasteiger partial charge is 0.352 e. The summed E-state index contributed by atoms with van der Waals surface area (Å²) in [4.78, 5) is 13.5. The monoisotopic (exact) mass is 300 g/mol. The second-order valence-corrected chi connectivity index (χ2v) is 5.68. The summed E-state index contributed by atoms with van der Waals surface area (Å²) in [6.07, 6.45) is 3.88. The van der Waals surface area contributed by atoms with Crippen molar-refractivity contribution in [3.05, 3.63) is 22.4 Å². The van der Waals surface area contributed by atoms with Crippen molar-refractivity contribution in [3.63, 3.8) is 0 Å². The number of hydrogen-bond acceptors (Lipinski definition) is 2. The zero-order chi connectivity index (χ0) is 12.6. The predicted octanol–water partition coefficient (Wildman–Crippen LogP) is 2.60. The number of aromatic carboxylic acids is 1. The van der Waals surface area contributed by atoms with Gasteiger partial charge in [0.05, 0.1) is 0 Å². The second kappa shape index (κ2) is 4.82. The molecule has 0 aromatic carbocycles. The quantitative estimate of drug-likeness (QED) is 0.913. The molecule has 1 saturated heterocycles. The third kappa shape index (κ3) is 2.55. The van der Waals surface area contributed by atoms with Gasteiger partial charge in [-0.3, -0.25) is 0 Å². The second-order valence-electron chi connectivity index (χ2n) is 4.76. The van der Waals surface area contributed by atoms with Gasteiger partial charge in [-0.15, -0.1) is 0 Å². The number of hydrogen-bond donors (Lipinski definition) is 1. The van der Waals surface area contributed by atoms with Gasteiger partial charge in [-0.05, 0) is 48.8 Å². The van der Waals surface area contributed by atoms with Gasteiger partial charge in [0.2, 0.25) is 0 Å². The molecule has 2 atom stereocenters. The maximum Gasteiger partial charge on any atom is 0.352 e. The number of likely N-dealkylation sites (tertiary alicyclic amines) is 1. The first kappa shape index (κ1) is 12.6. The van der Waals surface area contributed by atoms with E-state index >= 15 is 0 Å². The SMILES string of the molecule is CC1CC(n2cc(Br)cc2C(=O)O)CCN1C. The minimum atomic E-state index is -0.859. The van der Waals surface area contributed by atoms with E-state index in [0.717, 1.165) is 23.9 Å². The first-order valence-corrected chi connectivity index (χ1v) is 6.59. The highest BCUT2D eigenvalue weighted by atomic mass is 79.9. The zero-order valence-electron chi connectivity index (χ0n) is 10.1. The lowest BCUT2D eigenvalue weighted by Crippen LogP contribution is -2.38. The van der Waals surface area contributed by atoms with Crippen LogP contribution in [0.1, 0.15) is 36.3 Å². The number of carboxylic acid groups (broad SMARTS) is 1. The molecule has 1 aromatic heterocycles. The summed E-state index contributed by atoms with van der Waals surface area (Å²) in [5.41, 5.74) is 0.374. The molecule has 5 heteroatoms. The van der Waals surface area contributed by atoms with Crippen LogP contribution in [0, 0.1) is 0 Å². The van der Waals surface area contributed by atoms with Crippen LogP contribution < -0.4 is 0 Å². The summed E-state index contributed by atoms with van der Waals surface area (Å²) >= 11 is 3.35. The van der Waals surface area contributed by atoms with Crippen LogP contribution in [-0.2, 0) is 0 Å². The molecule has 94 valence electrons. The molecule has 1 fully saturated rings. The molecule has 1 aliphatic rings. The summed E-state index contributed by atoms with van der Waals surface area (Å²) < 4.78 is 2.73. The topological polar surface area (TPSA) is 45.5 Å². The third-order valence-electron chi connectivity index (χ3n) is 3.61. The lowest BCUT2D eigenvalue weighted by Gasteiger charge is -2.36. The van der Waals surface area contributed by atoms with Crippen LogP contribution in [0.2, 0.25) is 0 Å². The van der Waals surface area contributed by atoms with Crippen LogP contribution in [0.25, 0.3) is 0 Å². The molecule has 0 spiro atoms. The average molecular weight is 301 g/mol. The summed E-state index contributed by atoms with van der Waals surface area (Å²) in [5, 5.41) is 9.18. The van der Waals surface area contributed by atoms with E-state index in [4.69, 9.17) is 0 Å². The van der Waals surface area contributed by atoms with E-state index in [-0.39, 0.29) is 0 Å². The number of rotatable bonds is 2. The summed E-state index contributed by atoms with van der Waals surface area (Å²) in [6.45, 7) is 3.20. The van der Waals surface area contributed by atoms with Crippen molar-refractivity contribution in [2.75, 3.05) is 13.6 Å². The molecular formula is C12H17BrN2O2. The van der Waals surface area contributed by atoms with E-state index in [0.29, 0.717) is 17.8 Å². The Kier molecular flexibility index (Phi) is 3.58. The summed E-state index contributed by atoms with van der Waals surface area (Å²) in [5.74, 6) is -0.859. The Balaban J connectivity index is 2.25. The molecule has 2 heterocycles. The van der Waals surface area contributed by atoms with Gasteiger partial charge >= 0.3 is 5.97 Å². The highest BCUT2D eigenvalue weighted by Gasteiger charge is 2.26. The van der Waals surface area contributed by atoms with Gasteiger partial charge in [0.1, 0.15) is 5.69 Å². The fourth-order valence-corrected chi connectivity index (χ4v) is 2.87. The van der Waals surface area contributed by atoms with Crippen molar-refractivity contribution in [2.24, 2.45) is 0 Å². The Morgan fingerprint density at radius 1 is 1.59 bits per heavy atom. The van der Waals surface area contributed by atoms with Gasteiger partial charge in [0.25, 0.3) is 0 Å². The lowest BCUT2D eigenvalue weighted by atomic mass is 9.98. The normalized spacial score (nSPS) is 26.1. The number of aromatic nitrogens is 1. The van der Waals surface area contributed by atoms with E-state index in [2.05, 4.69) is 34.8 Å². The van der Waals surface area contributed by atoms with Gasteiger partial charge in [0, 0.05) is 29.3 Å². The molecule has 0 aliphatic carbocycles. The largest absolute Gasteiger partial charge is 0.477 e. The number of carbonyl (C=O) groups is 1. The van der Waals surface area contributed by atoms with Gasteiger partial charge in [-0.25, -0.2) is 4.79 Å². The third-order valence-corrected chi connectivity index (χ3v) is 4.04. The molecule has 17 heavy (non-hydrogen) atoms. The highest BCUT2D eigenvalue weighted by molar-refractivity contribution is 9.10. The Morgan fingerprint density at radius 3 is 2.88 bits per heavy atom. The Hall–Kier alpha value is -0.810. The number of carboxylic acids is 1. The minimum absolute atomic E-state index is 0.290. The Morgan fingerprint density at radius 2 is 2.29 bits per heavy atom. The molecule has 4 nitrogen and oxygen atoms in total. The lowest BCUT2D eigenvalue weighted by molar-refractivity contribution is 0.0675. The van der Waals surface area contributed by atoms with Crippen LogP contribution in [0.4, 0.5) is 0 Å².